The Bertz CT molecular complexity index is 1010. The van der Waals surface area contributed by atoms with E-state index < -0.39 is 0 Å². The number of nitrogens with two attached hydrogens (primary N) is 1. The van der Waals surface area contributed by atoms with Crippen LogP contribution in [0.3, 0.4) is 0 Å². The number of hydrogen-bond donors (Lipinski definition) is 1. The first kappa shape index (κ1) is 19.0. The van der Waals surface area contributed by atoms with E-state index in [1.165, 1.54) is 0 Å². The van der Waals surface area contributed by atoms with Crippen LogP contribution >= 0.6 is 0 Å². The van der Waals surface area contributed by atoms with Gasteiger partial charge in [-0.05, 0) is 12.1 Å². The molecular formula is C21H26N8O. The number of aromatic nitrogens is 4. The second-order valence-electron chi connectivity index (χ2n) is 7.64. The monoisotopic (exact) mass is 406 g/mol. The van der Waals surface area contributed by atoms with E-state index >= 15 is 0 Å². The molecule has 0 aliphatic carbocycles. The van der Waals surface area contributed by atoms with Gasteiger partial charge in [0.1, 0.15) is 29.6 Å². The van der Waals surface area contributed by atoms with Gasteiger partial charge in [-0.3, -0.25) is 4.90 Å². The fraction of sp³-hybridized carbons (Fsp3) is 0.429. The Hall–Kier alpha value is -3.04. The molecule has 0 saturated carbocycles. The van der Waals surface area contributed by atoms with E-state index in [1.54, 1.807) is 6.33 Å². The van der Waals surface area contributed by atoms with Gasteiger partial charge in [-0.1, -0.05) is 12.1 Å². The summed E-state index contributed by atoms with van der Waals surface area (Å²) in [4.78, 5) is 25.1. The molecule has 0 unspecified atom stereocenters. The molecule has 0 atom stereocenters. The van der Waals surface area contributed by atoms with E-state index in [0.29, 0.717) is 12.4 Å². The third-order valence-corrected chi connectivity index (χ3v) is 5.71. The Labute approximate surface area is 175 Å². The van der Waals surface area contributed by atoms with Gasteiger partial charge in [0.15, 0.2) is 0 Å². The molecule has 2 N–H and O–H groups in total. The fourth-order valence-corrected chi connectivity index (χ4v) is 4.03. The number of anilines is 3. The normalized spacial score (nSPS) is 18.1. The summed E-state index contributed by atoms with van der Waals surface area (Å²) in [6.07, 6.45) is 1.66. The van der Waals surface area contributed by atoms with Crippen LogP contribution in [-0.2, 0) is 11.3 Å². The first-order chi connectivity index (χ1) is 14.8. The molecule has 2 aliphatic rings. The standard InChI is InChI=1S/C21H26N8O/c22-21-16-3-1-2-4-17(16)25-18(26-21)14-27-5-7-28(8-6-27)19-13-20(24-15-23-19)29-9-11-30-12-10-29/h1-4,13,15H,5-12,14H2,(H2,22,25,26). The lowest BCUT2D eigenvalue weighted by Crippen LogP contribution is -2.46. The molecular weight excluding hydrogens is 380 g/mol. The van der Waals surface area contributed by atoms with Crippen LogP contribution in [0, 0.1) is 0 Å². The van der Waals surface area contributed by atoms with Gasteiger partial charge < -0.3 is 20.3 Å². The van der Waals surface area contributed by atoms with Crippen LogP contribution in [-0.4, -0.2) is 77.3 Å². The lowest BCUT2D eigenvalue weighted by atomic mass is 10.2. The average Bonchev–Trinajstić information content (AvgIpc) is 2.80. The maximum atomic E-state index is 6.13. The third-order valence-electron chi connectivity index (χ3n) is 5.71. The Morgan fingerprint density at radius 2 is 1.57 bits per heavy atom. The van der Waals surface area contributed by atoms with Crippen molar-refractivity contribution in [1.82, 2.24) is 24.8 Å². The van der Waals surface area contributed by atoms with Crippen LogP contribution in [0.5, 0.6) is 0 Å². The molecule has 2 aromatic heterocycles. The van der Waals surface area contributed by atoms with E-state index in [2.05, 4.69) is 40.7 Å². The van der Waals surface area contributed by atoms with Gasteiger partial charge in [-0.2, -0.15) is 0 Å². The molecule has 30 heavy (non-hydrogen) atoms. The van der Waals surface area contributed by atoms with Crippen molar-refractivity contribution in [3.8, 4) is 0 Å². The van der Waals surface area contributed by atoms with Crippen molar-refractivity contribution in [2.24, 2.45) is 0 Å². The van der Waals surface area contributed by atoms with Crippen molar-refractivity contribution in [1.29, 1.82) is 0 Å². The number of fused-ring (bicyclic) bond motifs is 1. The number of benzene rings is 1. The number of rotatable bonds is 4. The van der Waals surface area contributed by atoms with Crippen molar-refractivity contribution >= 4 is 28.4 Å². The van der Waals surface area contributed by atoms with E-state index in [-0.39, 0.29) is 0 Å². The van der Waals surface area contributed by atoms with Gasteiger partial charge in [-0.15, -0.1) is 0 Å². The number of ether oxygens (including phenoxy) is 1. The molecule has 9 nitrogen and oxygen atoms in total. The van der Waals surface area contributed by atoms with Crippen molar-refractivity contribution in [2.75, 3.05) is 68.0 Å². The van der Waals surface area contributed by atoms with Crippen LogP contribution in [0.2, 0.25) is 0 Å². The molecule has 9 heteroatoms. The molecule has 5 rings (SSSR count). The number of nitrogen functional groups attached to an aromatic ring is 1. The first-order valence-corrected chi connectivity index (χ1v) is 10.4. The highest BCUT2D eigenvalue weighted by molar-refractivity contribution is 5.87. The van der Waals surface area contributed by atoms with Gasteiger partial charge in [0, 0.05) is 50.7 Å². The molecule has 0 amide bonds. The average molecular weight is 406 g/mol. The van der Waals surface area contributed by atoms with Gasteiger partial charge in [0.2, 0.25) is 0 Å². The van der Waals surface area contributed by atoms with Crippen LogP contribution < -0.4 is 15.5 Å². The Balaban J connectivity index is 1.23. The summed E-state index contributed by atoms with van der Waals surface area (Å²) in [6, 6.07) is 9.97. The second kappa shape index (κ2) is 8.37. The lowest BCUT2D eigenvalue weighted by Gasteiger charge is -2.35. The summed E-state index contributed by atoms with van der Waals surface area (Å²) in [7, 11) is 0. The van der Waals surface area contributed by atoms with Gasteiger partial charge in [0.05, 0.1) is 25.3 Å². The maximum absolute atomic E-state index is 6.13. The summed E-state index contributed by atoms with van der Waals surface area (Å²) in [5.41, 5.74) is 7.03. The van der Waals surface area contributed by atoms with Crippen LogP contribution in [0.15, 0.2) is 36.7 Å². The number of hydrogen-bond acceptors (Lipinski definition) is 9. The second-order valence-corrected chi connectivity index (χ2v) is 7.64. The van der Waals surface area contributed by atoms with Crippen molar-refractivity contribution < 1.29 is 4.74 Å². The van der Waals surface area contributed by atoms with Crippen molar-refractivity contribution in [3.05, 3.63) is 42.5 Å². The maximum Gasteiger partial charge on any atom is 0.145 e. The zero-order valence-electron chi connectivity index (χ0n) is 16.9. The predicted molar refractivity (Wildman–Crippen MR) is 117 cm³/mol. The minimum Gasteiger partial charge on any atom is -0.383 e. The molecule has 1 aromatic carbocycles. The molecule has 0 spiro atoms. The van der Waals surface area contributed by atoms with Gasteiger partial charge >= 0.3 is 0 Å². The van der Waals surface area contributed by atoms with Crippen LogP contribution in [0.25, 0.3) is 10.9 Å². The topological polar surface area (TPSA) is 96.5 Å². The summed E-state index contributed by atoms with van der Waals surface area (Å²) in [5, 5.41) is 0.908. The molecule has 2 saturated heterocycles. The molecule has 2 fully saturated rings. The summed E-state index contributed by atoms with van der Waals surface area (Å²) in [6.45, 7) is 7.61. The quantitative estimate of drug-likeness (QED) is 0.684. The van der Waals surface area contributed by atoms with Crippen molar-refractivity contribution in [3.63, 3.8) is 0 Å². The van der Waals surface area contributed by atoms with E-state index in [0.717, 1.165) is 80.8 Å². The van der Waals surface area contributed by atoms with Crippen molar-refractivity contribution in [2.45, 2.75) is 6.54 Å². The van der Waals surface area contributed by atoms with E-state index in [1.807, 2.05) is 24.3 Å². The van der Waals surface area contributed by atoms with Crippen LogP contribution in [0.1, 0.15) is 5.82 Å². The minimum atomic E-state index is 0.547. The largest absolute Gasteiger partial charge is 0.383 e. The fourth-order valence-electron chi connectivity index (χ4n) is 4.03. The van der Waals surface area contributed by atoms with Gasteiger partial charge in [0.25, 0.3) is 0 Å². The minimum absolute atomic E-state index is 0.547. The summed E-state index contributed by atoms with van der Waals surface area (Å²) in [5.74, 6) is 3.28. The molecule has 3 aromatic rings. The van der Waals surface area contributed by atoms with Crippen LogP contribution in [0.4, 0.5) is 17.5 Å². The Morgan fingerprint density at radius 1 is 0.867 bits per heavy atom. The number of nitrogens with zero attached hydrogens (tertiary/aromatic N) is 7. The van der Waals surface area contributed by atoms with E-state index in [4.69, 9.17) is 10.5 Å². The highest BCUT2D eigenvalue weighted by Gasteiger charge is 2.21. The number of para-hydroxylation sites is 1. The predicted octanol–water partition coefficient (Wildman–Crippen LogP) is 1.16. The third kappa shape index (κ3) is 3.99. The van der Waals surface area contributed by atoms with E-state index in [9.17, 15) is 0 Å². The summed E-state index contributed by atoms with van der Waals surface area (Å²) >= 11 is 0. The first-order valence-electron chi connectivity index (χ1n) is 10.4. The molecule has 0 radical (unpaired) electrons. The number of piperazine rings is 1. The Kier molecular flexibility index (Phi) is 5.29. The molecule has 0 bridgehead atoms. The highest BCUT2D eigenvalue weighted by atomic mass is 16.5. The molecule has 2 aliphatic heterocycles. The SMILES string of the molecule is Nc1nc(CN2CCN(c3cc(N4CCOCC4)ncn3)CC2)nc2ccccc12. The Morgan fingerprint density at radius 3 is 2.33 bits per heavy atom. The van der Waals surface area contributed by atoms with Gasteiger partial charge in [-0.25, -0.2) is 19.9 Å². The molecule has 4 heterocycles. The number of morpholine rings is 1. The zero-order chi connectivity index (χ0) is 20.3. The zero-order valence-corrected chi connectivity index (χ0v) is 16.9. The highest BCUT2D eigenvalue weighted by Crippen LogP contribution is 2.21. The summed E-state index contributed by atoms with van der Waals surface area (Å²) < 4.78 is 5.44. The smallest absolute Gasteiger partial charge is 0.145 e. The lowest BCUT2D eigenvalue weighted by molar-refractivity contribution is 0.122. The molecule has 156 valence electrons.